The van der Waals surface area contributed by atoms with Gasteiger partial charge in [0.1, 0.15) is 11.5 Å². The number of halogens is 1. The normalized spacial score (nSPS) is 13.2. The number of aliphatic hydroxyl groups excluding tert-OH is 2. The van der Waals surface area contributed by atoms with Crippen molar-refractivity contribution in [1.82, 2.24) is 9.88 Å². The van der Waals surface area contributed by atoms with Gasteiger partial charge >= 0.3 is 35.5 Å². The van der Waals surface area contributed by atoms with Gasteiger partial charge in [-0.2, -0.15) is 0 Å². The number of rotatable bonds is 13. The molecular weight excluding hydrogens is 570 g/mol. The van der Waals surface area contributed by atoms with Crippen LogP contribution in [-0.4, -0.2) is 44.0 Å². The number of hydrogen-bond acceptors (Lipinski definition) is 4. The van der Waals surface area contributed by atoms with Crippen molar-refractivity contribution in [1.29, 1.82) is 0 Å². The van der Waals surface area contributed by atoms with Gasteiger partial charge in [0.05, 0.1) is 24.7 Å². The minimum Gasteiger partial charge on any atom is -1.00 e. The third-order valence-corrected chi connectivity index (χ3v) is 7.55. The summed E-state index contributed by atoms with van der Waals surface area (Å²) >= 11 is 0. The van der Waals surface area contributed by atoms with Gasteiger partial charge in [-0.05, 0) is 68.9 Å². The monoisotopic (exact) mass is 610 g/mol. The Morgan fingerprint density at radius 2 is 1.41 bits per heavy atom. The molecule has 4 N–H and O–H groups in total. The maximum atomic E-state index is 14.3. The maximum absolute atomic E-state index is 14.3. The molecule has 0 aliphatic rings. The molecule has 1 amide bonds. The van der Waals surface area contributed by atoms with Gasteiger partial charge in [-0.3, -0.25) is 9.59 Å². The molecule has 1 heterocycles. The minimum atomic E-state index is -1.18. The van der Waals surface area contributed by atoms with Crippen molar-refractivity contribution in [2.45, 2.75) is 70.7 Å². The zero-order valence-electron chi connectivity index (χ0n) is 26.7. The molecule has 0 aliphatic heterocycles. The van der Waals surface area contributed by atoms with E-state index in [9.17, 15) is 24.2 Å². The van der Waals surface area contributed by atoms with Crippen LogP contribution in [0.4, 0.5) is 4.39 Å². The predicted octanol–water partition coefficient (Wildman–Crippen LogP) is 3.67. The predicted molar refractivity (Wildman–Crippen MR) is 166 cm³/mol. The van der Waals surface area contributed by atoms with Gasteiger partial charge in [0, 0.05) is 22.9 Å². The second-order valence-electron chi connectivity index (χ2n) is 11.2. The minimum absolute atomic E-state index is 0. The number of carbonyl (C=O) groups is 2. The van der Waals surface area contributed by atoms with Gasteiger partial charge in [-0.1, -0.05) is 72.8 Å². The van der Waals surface area contributed by atoms with Crippen LogP contribution in [0.15, 0.2) is 84.9 Å². The number of benzene rings is 3. The molecule has 1 aromatic heterocycles. The van der Waals surface area contributed by atoms with E-state index in [1.54, 1.807) is 12.1 Å². The summed E-state index contributed by atoms with van der Waals surface area (Å²) in [6, 6.07) is 25.0. The number of aromatic nitrogens is 1. The van der Waals surface area contributed by atoms with Crippen LogP contribution in [0.2, 0.25) is 0 Å². The van der Waals surface area contributed by atoms with Crippen molar-refractivity contribution in [3.05, 3.63) is 108 Å². The fourth-order valence-corrected chi connectivity index (χ4v) is 5.60. The van der Waals surface area contributed by atoms with E-state index in [-0.39, 0.29) is 67.6 Å². The quantitative estimate of drug-likeness (QED) is 0.173. The average Bonchev–Trinajstić information content (AvgIpc) is 3.32. The Kier molecular flexibility index (Phi) is 12.9. The Hall–Kier alpha value is -3.27. The first-order chi connectivity index (χ1) is 20.6. The number of carbonyl (C=O) groups excluding carboxylic acids is 1. The summed E-state index contributed by atoms with van der Waals surface area (Å²) in [6.07, 6.45) is -2.15. The zero-order chi connectivity index (χ0) is 31.1. The van der Waals surface area contributed by atoms with Crippen molar-refractivity contribution in [3.8, 4) is 22.3 Å². The molecule has 4 rings (SSSR count). The number of aliphatic hydroxyl groups is 2. The Labute approximate surface area is 281 Å². The summed E-state index contributed by atoms with van der Waals surface area (Å²) in [7, 11) is 0. The van der Waals surface area contributed by atoms with Gasteiger partial charge in [0.15, 0.2) is 0 Å². The topological polar surface area (TPSA) is 112 Å². The van der Waals surface area contributed by atoms with Crippen molar-refractivity contribution >= 4 is 11.9 Å². The van der Waals surface area contributed by atoms with Gasteiger partial charge in [0.25, 0.3) is 5.91 Å². The molecular formula is C35H40FN2NaO5. The van der Waals surface area contributed by atoms with Crippen LogP contribution in [0.3, 0.4) is 0 Å². The van der Waals surface area contributed by atoms with Crippen molar-refractivity contribution in [3.63, 3.8) is 0 Å². The van der Waals surface area contributed by atoms with E-state index in [4.69, 9.17) is 5.11 Å². The van der Waals surface area contributed by atoms with Crippen molar-refractivity contribution in [2.24, 2.45) is 0 Å². The van der Waals surface area contributed by atoms with Crippen LogP contribution in [0, 0.1) is 5.82 Å². The van der Waals surface area contributed by atoms with Crippen LogP contribution in [0.25, 0.3) is 22.3 Å². The third-order valence-electron chi connectivity index (χ3n) is 7.55. The molecule has 0 fully saturated rings. The van der Waals surface area contributed by atoms with Crippen molar-refractivity contribution in [2.75, 3.05) is 0 Å². The molecule has 3 atom stereocenters. The standard InChI is InChI=1S/C35H39FN2O5.Na.H/c1-22(2)38-30(19-18-28(39)20-29(40)21-31(41)42)32(26-14-16-27(36)17-15-26)33(25-12-8-5-9-13-25)34(38)35(43)37-23(3)24-10-6-4-7-11-24;;/h4-17,22-23,28-29,39-40H,18-21H2,1-3H3,(H,37,43)(H,41,42);;/q;+1;-1/t23-,28+,29+;;/m0../s1. The second kappa shape index (κ2) is 16.2. The zero-order valence-corrected chi connectivity index (χ0v) is 27.7. The Bertz CT molecular complexity index is 1530. The van der Waals surface area contributed by atoms with E-state index in [0.717, 1.165) is 27.9 Å². The summed E-state index contributed by atoms with van der Waals surface area (Å²) < 4.78 is 16.1. The molecule has 228 valence electrons. The molecule has 0 aliphatic carbocycles. The SMILES string of the molecule is CC(C)n1c(CC[C@@H](O)C[C@@H](O)CC(=O)O)c(-c2ccc(F)cc2)c(-c2ccccc2)c1C(=O)N[C@@H](C)c1ccccc1.[H-].[Na+]. The van der Waals surface area contributed by atoms with E-state index in [0.29, 0.717) is 17.7 Å². The van der Waals surface area contributed by atoms with Gasteiger partial charge < -0.3 is 26.6 Å². The molecule has 4 aromatic rings. The number of aliphatic carboxylic acids is 1. The van der Waals surface area contributed by atoms with E-state index in [1.165, 1.54) is 12.1 Å². The smallest absolute Gasteiger partial charge is 1.00 e. The first-order valence-electron chi connectivity index (χ1n) is 14.6. The average molecular weight is 611 g/mol. The number of hydrogen-bond donors (Lipinski definition) is 4. The van der Waals surface area contributed by atoms with E-state index >= 15 is 0 Å². The summed E-state index contributed by atoms with van der Waals surface area (Å²) in [5, 5.41) is 33.1. The molecule has 0 saturated heterocycles. The fraction of sp³-hybridized carbons (Fsp3) is 0.314. The molecule has 0 saturated carbocycles. The molecule has 9 heteroatoms. The molecule has 0 unspecified atom stereocenters. The number of carboxylic acid groups (broad SMARTS) is 1. The summed E-state index contributed by atoms with van der Waals surface area (Å²) in [5.74, 6) is -1.79. The molecule has 3 aromatic carbocycles. The number of nitrogens with zero attached hydrogens (tertiary/aromatic N) is 1. The number of amides is 1. The summed E-state index contributed by atoms with van der Waals surface area (Å²) in [4.78, 5) is 25.3. The van der Waals surface area contributed by atoms with Gasteiger partial charge in [-0.15, -0.1) is 0 Å². The Morgan fingerprint density at radius 1 is 0.841 bits per heavy atom. The van der Waals surface area contributed by atoms with Crippen LogP contribution in [0.1, 0.15) is 75.3 Å². The Morgan fingerprint density at radius 3 is 1.98 bits per heavy atom. The molecule has 0 spiro atoms. The fourth-order valence-electron chi connectivity index (χ4n) is 5.60. The van der Waals surface area contributed by atoms with Crippen LogP contribution in [-0.2, 0) is 11.2 Å². The summed E-state index contributed by atoms with van der Waals surface area (Å²) in [5.41, 5.74) is 5.20. The number of nitrogens with one attached hydrogen (secondary N) is 1. The van der Waals surface area contributed by atoms with Crippen LogP contribution >= 0.6 is 0 Å². The van der Waals surface area contributed by atoms with Crippen LogP contribution < -0.4 is 34.9 Å². The molecule has 0 bridgehead atoms. The van der Waals surface area contributed by atoms with Crippen molar-refractivity contribution < 1.29 is 60.3 Å². The Balaban J connectivity index is 0.00000353. The number of carboxylic acids is 1. The largest absolute Gasteiger partial charge is 1.00 e. The van der Waals surface area contributed by atoms with Gasteiger partial charge in [-0.25, -0.2) is 4.39 Å². The van der Waals surface area contributed by atoms with Gasteiger partial charge in [0.2, 0.25) is 0 Å². The molecule has 44 heavy (non-hydrogen) atoms. The molecule has 7 nitrogen and oxygen atoms in total. The summed E-state index contributed by atoms with van der Waals surface area (Å²) in [6.45, 7) is 5.90. The first-order valence-corrected chi connectivity index (χ1v) is 14.6. The third kappa shape index (κ3) is 8.67. The van der Waals surface area contributed by atoms with E-state index < -0.39 is 24.6 Å². The van der Waals surface area contributed by atoms with E-state index in [1.807, 2.05) is 86.0 Å². The van der Waals surface area contributed by atoms with E-state index in [2.05, 4.69) is 5.32 Å². The second-order valence-corrected chi connectivity index (χ2v) is 11.2. The molecule has 0 radical (unpaired) electrons. The maximum Gasteiger partial charge on any atom is 1.00 e. The van der Waals surface area contributed by atoms with Crippen LogP contribution in [0.5, 0.6) is 0 Å². The first kappa shape index (κ1) is 35.2.